The molecule has 0 spiro atoms. The molecule has 0 heterocycles. The van der Waals surface area contributed by atoms with Crippen LogP contribution in [0.3, 0.4) is 0 Å². The highest BCUT2D eigenvalue weighted by Crippen LogP contribution is 2.20. The Bertz CT molecular complexity index is 317. The van der Waals surface area contributed by atoms with Gasteiger partial charge in [0, 0.05) is 5.88 Å². The lowest BCUT2D eigenvalue weighted by Gasteiger charge is -2.14. The van der Waals surface area contributed by atoms with Crippen LogP contribution in [0.1, 0.15) is 18.9 Å². The minimum atomic E-state index is 0.572. The topological polar surface area (TPSA) is 9.23 Å². The molecule has 0 fully saturated rings. The van der Waals surface area contributed by atoms with Crippen molar-refractivity contribution in [3.8, 4) is 5.75 Å². The third-order valence-corrected chi connectivity index (χ3v) is 4.12. The molecular formula is C14H21ClOS. The van der Waals surface area contributed by atoms with Gasteiger partial charge in [-0.05, 0) is 48.0 Å². The zero-order valence-electron chi connectivity index (χ0n) is 10.6. The molecule has 0 aliphatic rings. The summed E-state index contributed by atoms with van der Waals surface area (Å²) in [6.45, 7) is 2.20. The second kappa shape index (κ2) is 8.71. The van der Waals surface area contributed by atoms with Gasteiger partial charge in [-0.3, -0.25) is 0 Å². The van der Waals surface area contributed by atoms with Gasteiger partial charge in [-0.25, -0.2) is 0 Å². The fourth-order valence-electron chi connectivity index (χ4n) is 1.76. The summed E-state index contributed by atoms with van der Waals surface area (Å²) in [5.74, 6) is 4.63. The standard InChI is InChI=1S/C14H21ClOS/c1-3-17-8-7-13(11-15)9-12-5-4-6-14(10-12)16-2/h4-6,10,13H,3,7-9,11H2,1-2H3. The van der Waals surface area contributed by atoms with E-state index in [0.717, 1.165) is 18.1 Å². The number of hydrogen-bond acceptors (Lipinski definition) is 2. The third-order valence-electron chi connectivity index (χ3n) is 2.75. The molecule has 1 nitrogen and oxygen atoms in total. The summed E-state index contributed by atoms with van der Waals surface area (Å²) in [5, 5.41) is 0. The number of ether oxygens (including phenoxy) is 1. The highest BCUT2D eigenvalue weighted by molar-refractivity contribution is 7.99. The van der Waals surface area contributed by atoms with Crippen LogP contribution < -0.4 is 4.74 Å². The van der Waals surface area contributed by atoms with Crippen LogP contribution in [0.25, 0.3) is 0 Å². The average molecular weight is 273 g/mol. The van der Waals surface area contributed by atoms with Crippen LogP contribution in [-0.2, 0) is 6.42 Å². The Balaban J connectivity index is 2.48. The van der Waals surface area contributed by atoms with Crippen molar-refractivity contribution < 1.29 is 4.74 Å². The molecule has 0 radical (unpaired) electrons. The Labute approximate surface area is 114 Å². The maximum atomic E-state index is 6.03. The van der Waals surface area contributed by atoms with E-state index in [2.05, 4.69) is 19.1 Å². The van der Waals surface area contributed by atoms with Gasteiger partial charge in [0.25, 0.3) is 0 Å². The van der Waals surface area contributed by atoms with Crippen LogP contribution in [0.4, 0.5) is 0 Å². The largest absolute Gasteiger partial charge is 0.497 e. The van der Waals surface area contributed by atoms with E-state index in [1.807, 2.05) is 23.9 Å². The fourth-order valence-corrected chi connectivity index (χ4v) is 2.81. The Morgan fingerprint density at radius 1 is 1.41 bits per heavy atom. The highest BCUT2D eigenvalue weighted by atomic mass is 35.5. The molecule has 0 aromatic heterocycles. The molecule has 1 rings (SSSR count). The predicted molar refractivity (Wildman–Crippen MR) is 78.5 cm³/mol. The summed E-state index contributed by atoms with van der Waals surface area (Å²) < 4.78 is 5.23. The van der Waals surface area contributed by atoms with Crippen molar-refractivity contribution in [1.29, 1.82) is 0 Å². The number of benzene rings is 1. The van der Waals surface area contributed by atoms with E-state index >= 15 is 0 Å². The molecule has 1 aromatic carbocycles. The first-order valence-corrected chi connectivity index (χ1v) is 7.75. The number of methoxy groups -OCH3 is 1. The molecule has 0 N–H and O–H groups in total. The predicted octanol–water partition coefficient (Wildman–Crippen LogP) is 4.24. The van der Waals surface area contributed by atoms with Crippen molar-refractivity contribution in [2.75, 3.05) is 24.5 Å². The molecule has 3 heteroatoms. The number of halogens is 1. The van der Waals surface area contributed by atoms with E-state index in [9.17, 15) is 0 Å². The number of alkyl halides is 1. The maximum Gasteiger partial charge on any atom is 0.119 e. The summed E-state index contributed by atoms with van der Waals surface area (Å²) >= 11 is 8.02. The van der Waals surface area contributed by atoms with Crippen LogP contribution in [0, 0.1) is 5.92 Å². The van der Waals surface area contributed by atoms with Crippen molar-refractivity contribution in [3.05, 3.63) is 29.8 Å². The van der Waals surface area contributed by atoms with Gasteiger partial charge in [-0.1, -0.05) is 19.1 Å². The van der Waals surface area contributed by atoms with Gasteiger partial charge in [0.15, 0.2) is 0 Å². The summed E-state index contributed by atoms with van der Waals surface area (Å²) in [5.41, 5.74) is 1.32. The van der Waals surface area contributed by atoms with E-state index < -0.39 is 0 Å². The molecule has 1 unspecified atom stereocenters. The Morgan fingerprint density at radius 3 is 2.88 bits per heavy atom. The molecule has 0 bridgehead atoms. The van der Waals surface area contributed by atoms with Gasteiger partial charge in [-0.15, -0.1) is 11.6 Å². The third kappa shape index (κ3) is 5.69. The molecule has 17 heavy (non-hydrogen) atoms. The van der Waals surface area contributed by atoms with Gasteiger partial charge in [0.1, 0.15) is 5.75 Å². The lowest BCUT2D eigenvalue weighted by Crippen LogP contribution is -2.08. The van der Waals surface area contributed by atoms with Crippen molar-refractivity contribution >= 4 is 23.4 Å². The van der Waals surface area contributed by atoms with Crippen LogP contribution in [-0.4, -0.2) is 24.5 Å². The van der Waals surface area contributed by atoms with Crippen molar-refractivity contribution in [1.82, 2.24) is 0 Å². The second-order valence-corrected chi connectivity index (χ2v) is 5.76. The van der Waals surface area contributed by atoms with Crippen LogP contribution in [0.5, 0.6) is 5.75 Å². The quantitative estimate of drug-likeness (QED) is 0.517. The molecule has 1 aromatic rings. The molecule has 0 saturated heterocycles. The molecule has 96 valence electrons. The Morgan fingerprint density at radius 2 is 2.24 bits per heavy atom. The summed E-state index contributed by atoms with van der Waals surface area (Å²) in [6.07, 6.45) is 2.24. The highest BCUT2D eigenvalue weighted by Gasteiger charge is 2.09. The van der Waals surface area contributed by atoms with E-state index in [-0.39, 0.29) is 0 Å². The van der Waals surface area contributed by atoms with E-state index in [0.29, 0.717) is 5.92 Å². The zero-order chi connectivity index (χ0) is 12.5. The molecule has 1 atom stereocenters. The molecule has 0 aliphatic heterocycles. The molecule has 0 aliphatic carbocycles. The van der Waals surface area contributed by atoms with Gasteiger partial charge < -0.3 is 4.74 Å². The monoisotopic (exact) mass is 272 g/mol. The molecular weight excluding hydrogens is 252 g/mol. The van der Waals surface area contributed by atoms with Crippen molar-refractivity contribution in [2.45, 2.75) is 19.8 Å². The van der Waals surface area contributed by atoms with Crippen molar-refractivity contribution in [2.24, 2.45) is 5.92 Å². The fraction of sp³-hybridized carbons (Fsp3) is 0.571. The summed E-state index contributed by atoms with van der Waals surface area (Å²) in [4.78, 5) is 0. The smallest absolute Gasteiger partial charge is 0.119 e. The van der Waals surface area contributed by atoms with Crippen molar-refractivity contribution in [3.63, 3.8) is 0 Å². The van der Waals surface area contributed by atoms with Crippen LogP contribution >= 0.6 is 23.4 Å². The summed E-state index contributed by atoms with van der Waals surface area (Å²) in [7, 11) is 1.70. The van der Waals surface area contributed by atoms with Crippen LogP contribution in [0.2, 0.25) is 0 Å². The molecule has 0 amide bonds. The van der Waals surface area contributed by atoms with Gasteiger partial charge >= 0.3 is 0 Å². The zero-order valence-corrected chi connectivity index (χ0v) is 12.2. The van der Waals surface area contributed by atoms with E-state index in [4.69, 9.17) is 16.3 Å². The Hall–Kier alpha value is -0.340. The van der Waals surface area contributed by atoms with E-state index in [1.165, 1.54) is 23.5 Å². The first-order chi connectivity index (χ1) is 8.30. The average Bonchev–Trinajstić information content (AvgIpc) is 2.38. The first kappa shape index (κ1) is 14.7. The summed E-state index contributed by atoms with van der Waals surface area (Å²) in [6, 6.07) is 8.27. The number of rotatable bonds is 8. The minimum absolute atomic E-state index is 0.572. The van der Waals surface area contributed by atoms with Crippen LogP contribution in [0.15, 0.2) is 24.3 Å². The lowest BCUT2D eigenvalue weighted by atomic mass is 9.98. The van der Waals surface area contributed by atoms with Gasteiger partial charge in [0.2, 0.25) is 0 Å². The first-order valence-electron chi connectivity index (χ1n) is 6.06. The number of hydrogen-bond donors (Lipinski definition) is 0. The number of thioether (sulfide) groups is 1. The Kier molecular flexibility index (Phi) is 7.54. The second-order valence-electron chi connectivity index (χ2n) is 4.06. The van der Waals surface area contributed by atoms with Gasteiger partial charge in [0.05, 0.1) is 7.11 Å². The minimum Gasteiger partial charge on any atom is -0.497 e. The van der Waals surface area contributed by atoms with E-state index in [1.54, 1.807) is 7.11 Å². The lowest BCUT2D eigenvalue weighted by molar-refractivity contribution is 0.413. The SMILES string of the molecule is CCSCCC(CCl)Cc1cccc(OC)c1. The van der Waals surface area contributed by atoms with Gasteiger partial charge in [-0.2, -0.15) is 11.8 Å². The maximum absolute atomic E-state index is 6.03. The molecule has 0 saturated carbocycles. The normalized spacial score (nSPS) is 12.4.